The van der Waals surface area contributed by atoms with Gasteiger partial charge in [0.25, 0.3) is 0 Å². The van der Waals surface area contributed by atoms with Crippen molar-refractivity contribution in [2.45, 2.75) is 18.9 Å². The first-order chi connectivity index (χ1) is 8.00. The van der Waals surface area contributed by atoms with E-state index in [1.807, 2.05) is 0 Å². The molecule has 3 fully saturated rings. The van der Waals surface area contributed by atoms with Gasteiger partial charge in [-0.3, -0.25) is 9.59 Å². The molecule has 3 heterocycles. The number of fused-ring (bicyclic) bond motifs is 3. The highest BCUT2D eigenvalue weighted by atomic mass is 16.2. The predicted molar refractivity (Wildman–Crippen MR) is 64.4 cm³/mol. The Morgan fingerprint density at radius 3 is 2.06 bits per heavy atom. The highest BCUT2D eigenvalue weighted by Gasteiger charge is 2.39. The topological polar surface area (TPSA) is 43.9 Å². The van der Waals surface area contributed by atoms with Gasteiger partial charge >= 0.3 is 11.8 Å². The second-order valence-corrected chi connectivity index (χ2v) is 5.32. The lowest BCUT2D eigenvalue weighted by Gasteiger charge is -2.47. The third-order valence-electron chi connectivity index (χ3n) is 4.03. The lowest BCUT2D eigenvalue weighted by atomic mass is 9.83. The third kappa shape index (κ3) is 2.29. The first kappa shape index (κ1) is 12.4. The normalized spacial score (nSPS) is 31.1. The van der Waals surface area contributed by atoms with Crippen LogP contribution in [0, 0.1) is 5.92 Å². The van der Waals surface area contributed by atoms with Crippen LogP contribution in [0.5, 0.6) is 0 Å². The Morgan fingerprint density at radius 1 is 1.06 bits per heavy atom. The molecule has 1 atom stereocenters. The molecule has 0 aromatic rings. The van der Waals surface area contributed by atoms with Gasteiger partial charge in [0, 0.05) is 33.7 Å². The smallest absolute Gasteiger partial charge is 0.312 e. The highest BCUT2D eigenvalue weighted by Crippen LogP contribution is 2.30. The fourth-order valence-electron chi connectivity index (χ4n) is 2.87. The van der Waals surface area contributed by atoms with E-state index < -0.39 is 5.91 Å². The van der Waals surface area contributed by atoms with Crippen molar-refractivity contribution < 1.29 is 9.59 Å². The monoisotopic (exact) mass is 239 g/mol. The molecule has 0 spiro atoms. The van der Waals surface area contributed by atoms with Crippen LogP contribution in [0.25, 0.3) is 0 Å². The number of piperidine rings is 3. The largest absolute Gasteiger partial charge is 0.341 e. The molecule has 0 N–H and O–H groups in total. The summed E-state index contributed by atoms with van der Waals surface area (Å²) < 4.78 is 0. The molecule has 2 bridgehead atoms. The van der Waals surface area contributed by atoms with Gasteiger partial charge in [-0.15, -0.1) is 0 Å². The van der Waals surface area contributed by atoms with Gasteiger partial charge in [-0.25, -0.2) is 0 Å². The van der Waals surface area contributed by atoms with Crippen molar-refractivity contribution >= 4 is 11.8 Å². The van der Waals surface area contributed by atoms with E-state index in [0.717, 1.165) is 32.5 Å². The minimum atomic E-state index is -0.427. The van der Waals surface area contributed by atoms with Crippen molar-refractivity contribution in [3.63, 3.8) is 0 Å². The standard InChI is InChI=1S/C12H21N3O2/c1-13(2)11(16)12(17)14(3)10-8-15-6-4-9(10)5-7-15/h9-10H,4-8H2,1-3H3/t10-/m0/s1. The van der Waals surface area contributed by atoms with Gasteiger partial charge in [0.05, 0.1) is 0 Å². The first-order valence-corrected chi connectivity index (χ1v) is 6.21. The fourth-order valence-corrected chi connectivity index (χ4v) is 2.87. The molecule has 17 heavy (non-hydrogen) atoms. The Kier molecular flexibility index (Phi) is 3.38. The summed E-state index contributed by atoms with van der Waals surface area (Å²) in [5.41, 5.74) is 0. The van der Waals surface area contributed by atoms with E-state index in [1.54, 1.807) is 26.0 Å². The summed E-state index contributed by atoms with van der Waals surface area (Å²) in [5.74, 6) is -0.235. The summed E-state index contributed by atoms with van der Waals surface area (Å²) in [7, 11) is 4.99. The minimum absolute atomic E-state index is 0.217. The minimum Gasteiger partial charge on any atom is -0.341 e. The van der Waals surface area contributed by atoms with Crippen LogP contribution < -0.4 is 0 Å². The number of nitrogens with zero attached hydrogens (tertiary/aromatic N) is 3. The molecule has 0 radical (unpaired) electrons. The Morgan fingerprint density at radius 2 is 1.65 bits per heavy atom. The van der Waals surface area contributed by atoms with Crippen molar-refractivity contribution in [2.24, 2.45) is 5.92 Å². The van der Waals surface area contributed by atoms with Crippen LogP contribution in [-0.2, 0) is 9.59 Å². The molecule has 2 amide bonds. The number of amides is 2. The zero-order valence-electron chi connectivity index (χ0n) is 10.8. The van der Waals surface area contributed by atoms with E-state index in [0.29, 0.717) is 5.92 Å². The maximum atomic E-state index is 12.0. The zero-order chi connectivity index (χ0) is 12.6. The van der Waals surface area contributed by atoms with E-state index in [-0.39, 0.29) is 11.9 Å². The summed E-state index contributed by atoms with van der Waals surface area (Å²) >= 11 is 0. The maximum absolute atomic E-state index is 12.0. The van der Waals surface area contributed by atoms with Crippen molar-refractivity contribution in [3.8, 4) is 0 Å². The van der Waals surface area contributed by atoms with E-state index in [9.17, 15) is 9.59 Å². The molecule has 0 aromatic carbocycles. The molecule has 5 nitrogen and oxygen atoms in total. The molecule has 3 aliphatic heterocycles. The number of carbonyl (C=O) groups is 2. The van der Waals surface area contributed by atoms with Crippen LogP contribution in [0.15, 0.2) is 0 Å². The van der Waals surface area contributed by atoms with Gasteiger partial charge in [-0.2, -0.15) is 0 Å². The van der Waals surface area contributed by atoms with E-state index in [4.69, 9.17) is 0 Å². The van der Waals surface area contributed by atoms with E-state index in [1.165, 1.54) is 4.90 Å². The van der Waals surface area contributed by atoms with Crippen molar-refractivity contribution in [2.75, 3.05) is 40.8 Å². The van der Waals surface area contributed by atoms with Crippen LogP contribution in [0.3, 0.4) is 0 Å². The number of rotatable bonds is 1. The SMILES string of the molecule is CN(C)C(=O)C(=O)N(C)[C@H]1CN2CCC1CC2. The summed E-state index contributed by atoms with van der Waals surface area (Å²) in [5, 5.41) is 0. The molecule has 3 rings (SSSR count). The van der Waals surface area contributed by atoms with Crippen molar-refractivity contribution in [1.82, 2.24) is 14.7 Å². The summed E-state index contributed by atoms with van der Waals surface area (Å²) in [6.45, 7) is 3.21. The van der Waals surface area contributed by atoms with Crippen LogP contribution in [0.2, 0.25) is 0 Å². The average molecular weight is 239 g/mol. The fraction of sp³-hybridized carbons (Fsp3) is 0.833. The quantitative estimate of drug-likeness (QED) is 0.586. The third-order valence-corrected chi connectivity index (χ3v) is 4.03. The molecule has 3 aliphatic rings. The van der Waals surface area contributed by atoms with Crippen LogP contribution >= 0.6 is 0 Å². The molecule has 5 heteroatoms. The molecule has 0 saturated carbocycles. The lowest BCUT2D eigenvalue weighted by molar-refractivity contribution is -0.153. The van der Waals surface area contributed by atoms with Gasteiger partial charge in [0.1, 0.15) is 0 Å². The van der Waals surface area contributed by atoms with Gasteiger partial charge in [-0.1, -0.05) is 0 Å². The maximum Gasteiger partial charge on any atom is 0.312 e. The van der Waals surface area contributed by atoms with Crippen LogP contribution in [0.4, 0.5) is 0 Å². The Balaban J connectivity index is 2.02. The van der Waals surface area contributed by atoms with Gasteiger partial charge in [-0.05, 0) is 31.8 Å². The summed E-state index contributed by atoms with van der Waals surface area (Å²) in [4.78, 5) is 29.0. The molecular weight excluding hydrogens is 218 g/mol. The van der Waals surface area contributed by atoms with Crippen molar-refractivity contribution in [3.05, 3.63) is 0 Å². The first-order valence-electron chi connectivity index (χ1n) is 6.21. The molecule has 0 aliphatic carbocycles. The molecule has 0 aromatic heterocycles. The van der Waals surface area contributed by atoms with Gasteiger partial charge in [0.15, 0.2) is 0 Å². The van der Waals surface area contributed by atoms with Gasteiger partial charge in [0.2, 0.25) is 0 Å². The second kappa shape index (κ2) is 4.64. The number of carbonyl (C=O) groups excluding carboxylic acids is 2. The Hall–Kier alpha value is -1.10. The van der Waals surface area contributed by atoms with Crippen LogP contribution in [-0.4, -0.2) is 73.3 Å². The van der Waals surface area contributed by atoms with E-state index >= 15 is 0 Å². The molecule has 96 valence electrons. The summed E-state index contributed by atoms with van der Waals surface area (Å²) in [6.07, 6.45) is 2.30. The molecule has 3 saturated heterocycles. The Bertz CT molecular complexity index is 322. The number of hydrogen-bond donors (Lipinski definition) is 0. The van der Waals surface area contributed by atoms with Crippen molar-refractivity contribution in [1.29, 1.82) is 0 Å². The molecule has 0 unspecified atom stereocenters. The zero-order valence-corrected chi connectivity index (χ0v) is 10.8. The average Bonchev–Trinajstić information content (AvgIpc) is 2.37. The predicted octanol–water partition coefficient (Wildman–Crippen LogP) is -0.373. The number of likely N-dealkylation sites (N-methyl/N-ethyl adjacent to an activating group) is 2. The number of hydrogen-bond acceptors (Lipinski definition) is 3. The summed E-state index contributed by atoms with van der Waals surface area (Å²) in [6, 6.07) is 0.217. The van der Waals surface area contributed by atoms with Gasteiger partial charge < -0.3 is 14.7 Å². The van der Waals surface area contributed by atoms with Crippen LogP contribution in [0.1, 0.15) is 12.8 Å². The van der Waals surface area contributed by atoms with E-state index in [2.05, 4.69) is 4.90 Å². The molecular formula is C12H21N3O2. The highest BCUT2D eigenvalue weighted by molar-refractivity contribution is 6.34. The lowest BCUT2D eigenvalue weighted by Crippen LogP contribution is -2.59. The Labute approximate surface area is 102 Å². The second-order valence-electron chi connectivity index (χ2n) is 5.32.